The third-order valence-corrected chi connectivity index (χ3v) is 8.23. The Labute approximate surface area is 212 Å². The van der Waals surface area contributed by atoms with Crippen molar-refractivity contribution in [2.45, 2.75) is 69.9 Å². The van der Waals surface area contributed by atoms with E-state index in [1.807, 2.05) is 24.0 Å². The molecule has 4 aliphatic heterocycles. The summed E-state index contributed by atoms with van der Waals surface area (Å²) in [5.41, 5.74) is 0.529. The van der Waals surface area contributed by atoms with E-state index in [9.17, 15) is 19.2 Å². The van der Waals surface area contributed by atoms with Gasteiger partial charge in [0.05, 0.1) is 12.6 Å². The summed E-state index contributed by atoms with van der Waals surface area (Å²) in [6.07, 6.45) is 5.88. The Bertz CT molecular complexity index is 1010. The molecule has 5 rings (SSSR count). The van der Waals surface area contributed by atoms with Crippen LogP contribution in [0, 0.1) is 5.92 Å². The summed E-state index contributed by atoms with van der Waals surface area (Å²) in [6.45, 7) is 4.82. The molecule has 194 valence electrons. The smallest absolute Gasteiger partial charge is 0.325 e. The van der Waals surface area contributed by atoms with E-state index in [1.54, 1.807) is 17.0 Å². The molecule has 1 aromatic rings. The number of carbonyl (C=O) groups excluding carboxylic acids is 4. The van der Waals surface area contributed by atoms with Gasteiger partial charge in [0, 0.05) is 43.9 Å². The molecule has 4 heterocycles. The number of rotatable bonds is 7. The van der Waals surface area contributed by atoms with Crippen LogP contribution in [0.5, 0.6) is 0 Å². The van der Waals surface area contributed by atoms with E-state index in [1.165, 1.54) is 4.90 Å². The Balaban J connectivity index is 1.23. The van der Waals surface area contributed by atoms with Gasteiger partial charge in [0.25, 0.3) is 11.8 Å². The Morgan fingerprint density at radius 2 is 1.81 bits per heavy atom. The molecular weight excluding hydrogens is 460 g/mol. The Hall–Kier alpha value is -2.94. The normalized spacial score (nSPS) is 27.3. The Morgan fingerprint density at radius 3 is 2.42 bits per heavy atom. The second-order valence-electron chi connectivity index (χ2n) is 10.5. The highest BCUT2D eigenvalue weighted by molar-refractivity contribution is 6.07. The first-order valence-electron chi connectivity index (χ1n) is 13.4. The maximum Gasteiger partial charge on any atom is 0.325 e. The third-order valence-electron chi connectivity index (χ3n) is 8.23. The molecule has 0 aromatic heterocycles. The van der Waals surface area contributed by atoms with Crippen molar-refractivity contribution in [1.82, 2.24) is 15.1 Å². The van der Waals surface area contributed by atoms with Crippen molar-refractivity contribution < 1.29 is 23.9 Å². The van der Waals surface area contributed by atoms with E-state index in [0.717, 1.165) is 37.9 Å². The van der Waals surface area contributed by atoms with Crippen molar-refractivity contribution >= 4 is 29.4 Å². The molecule has 9 nitrogen and oxygen atoms in total. The topological polar surface area (TPSA) is 99.3 Å². The first-order valence-corrected chi connectivity index (χ1v) is 13.4. The molecule has 4 saturated heterocycles. The lowest BCUT2D eigenvalue weighted by Crippen LogP contribution is -2.56. The standard InChI is InChI=1S/C27H36N4O5/c1-2-13-27(25(34)31(26(35)28-27)18-22-5-4-17-36-22)20-11-15-29(16-12-20)24(33)19-7-9-21(10-8-19)30-14-3-6-23(30)32/h7-10,20,22H,2-6,11-18H2,1H3,(H,28,35)/t22-,27-/m1/s1. The van der Waals surface area contributed by atoms with Crippen molar-refractivity contribution in [3.8, 4) is 0 Å². The van der Waals surface area contributed by atoms with Crippen LogP contribution in [0.1, 0.15) is 68.6 Å². The van der Waals surface area contributed by atoms with Crippen LogP contribution in [0.15, 0.2) is 24.3 Å². The predicted molar refractivity (Wildman–Crippen MR) is 134 cm³/mol. The summed E-state index contributed by atoms with van der Waals surface area (Å²) in [7, 11) is 0. The molecule has 1 aromatic carbocycles. The number of amides is 5. The molecule has 0 spiro atoms. The van der Waals surface area contributed by atoms with Crippen LogP contribution < -0.4 is 10.2 Å². The fourth-order valence-electron chi connectivity index (χ4n) is 6.31. The third kappa shape index (κ3) is 4.49. The zero-order valence-electron chi connectivity index (χ0n) is 21.0. The monoisotopic (exact) mass is 496 g/mol. The number of ether oxygens (including phenoxy) is 1. The van der Waals surface area contributed by atoms with Crippen LogP contribution in [0.25, 0.3) is 0 Å². The van der Waals surface area contributed by atoms with Crippen LogP contribution in [0.2, 0.25) is 0 Å². The molecule has 1 N–H and O–H groups in total. The fraction of sp³-hybridized carbons (Fsp3) is 0.630. The lowest BCUT2D eigenvalue weighted by molar-refractivity contribution is -0.135. The molecule has 0 saturated carbocycles. The van der Waals surface area contributed by atoms with Gasteiger partial charge in [0.2, 0.25) is 5.91 Å². The summed E-state index contributed by atoms with van der Waals surface area (Å²) in [4.78, 5) is 56.6. The minimum absolute atomic E-state index is 0.0176. The SMILES string of the molecule is CCC[C@]1(C2CCN(C(=O)c3ccc(N4CCCC4=O)cc3)CC2)NC(=O)N(C[C@H]2CCCO2)C1=O. The Morgan fingerprint density at radius 1 is 1.06 bits per heavy atom. The fourth-order valence-corrected chi connectivity index (χ4v) is 6.31. The molecule has 0 bridgehead atoms. The number of hydrogen-bond donors (Lipinski definition) is 1. The van der Waals surface area contributed by atoms with E-state index in [2.05, 4.69) is 5.32 Å². The van der Waals surface area contributed by atoms with E-state index in [-0.39, 0.29) is 35.8 Å². The first kappa shape index (κ1) is 24.7. The number of nitrogens with zero attached hydrogens (tertiary/aromatic N) is 3. The number of likely N-dealkylation sites (tertiary alicyclic amines) is 1. The number of benzene rings is 1. The van der Waals surface area contributed by atoms with E-state index >= 15 is 0 Å². The minimum Gasteiger partial charge on any atom is -0.376 e. The second kappa shape index (κ2) is 10.2. The highest BCUT2D eigenvalue weighted by Gasteiger charge is 2.55. The quantitative estimate of drug-likeness (QED) is 0.585. The zero-order chi connectivity index (χ0) is 25.3. The van der Waals surface area contributed by atoms with E-state index in [4.69, 9.17) is 4.74 Å². The number of nitrogens with one attached hydrogen (secondary N) is 1. The van der Waals surface area contributed by atoms with Gasteiger partial charge in [-0.25, -0.2) is 4.79 Å². The number of piperidine rings is 1. The van der Waals surface area contributed by atoms with Crippen LogP contribution in [-0.2, 0) is 14.3 Å². The molecule has 36 heavy (non-hydrogen) atoms. The number of carbonyl (C=O) groups is 4. The van der Waals surface area contributed by atoms with Crippen molar-refractivity contribution in [3.63, 3.8) is 0 Å². The number of urea groups is 1. The van der Waals surface area contributed by atoms with Crippen molar-refractivity contribution in [1.29, 1.82) is 0 Å². The molecule has 0 unspecified atom stereocenters. The van der Waals surface area contributed by atoms with Crippen molar-refractivity contribution in [2.24, 2.45) is 5.92 Å². The summed E-state index contributed by atoms with van der Waals surface area (Å²) in [6, 6.07) is 6.94. The van der Waals surface area contributed by atoms with Crippen LogP contribution in [0.4, 0.5) is 10.5 Å². The van der Waals surface area contributed by atoms with Gasteiger partial charge in [0.1, 0.15) is 5.54 Å². The van der Waals surface area contributed by atoms with Gasteiger partial charge in [0.15, 0.2) is 0 Å². The first-order chi connectivity index (χ1) is 17.4. The number of anilines is 1. The van der Waals surface area contributed by atoms with Gasteiger partial charge in [-0.2, -0.15) is 0 Å². The summed E-state index contributed by atoms with van der Waals surface area (Å²) in [5, 5.41) is 3.07. The minimum atomic E-state index is -0.899. The Kier molecular flexibility index (Phi) is 7.01. The second-order valence-corrected chi connectivity index (χ2v) is 10.5. The number of imide groups is 1. The van der Waals surface area contributed by atoms with Crippen LogP contribution in [0.3, 0.4) is 0 Å². The van der Waals surface area contributed by atoms with Gasteiger partial charge in [-0.1, -0.05) is 13.3 Å². The molecule has 2 atom stereocenters. The van der Waals surface area contributed by atoms with Gasteiger partial charge < -0.3 is 19.9 Å². The van der Waals surface area contributed by atoms with Crippen molar-refractivity contribution in [3.05, 3.63) is 29.8 Å². The summed E-state index contributed by atoms with van der Waals surface area (Å²) in [5.74, 6) is -0.0724. The summed E-state index contributed by atoms with van der Waals surface area (Å²) < 4.78 is 5.67. The molecule has 0 radical (unpaired) electrons. The maximum absolute atomic E-state index is 13.6. The predicted octanol–water partition coefficient (Wildman–Crippen LogP) is 2.94. The molecule has 9 heteroatoms. The summed E-state index contributed by atoms with van der Waals surface area (Å²) >= 11 is 0. The lowest BCUT2D eigenvalue weighted by Gasteiger charge is -2.41. The molecule has 4 aliphatic rings. The lowest BCUT2D eigenvalue weighted by atomic mass is 9.74. The highest BCUT2D eigenvalue weighted by atomic mass is 16.5. The maximum atomic E-state index is 13.6. The number of hydrogen-bond acceptors (Lipinski definition) is 5. The van der Waals surface area contributed by atoms with Gasteiger partial charge in [-0.3, -0.25) is 19.3 Å². The van der Waals surface area contributed by atoms with Crippen LogP contribution in [-0.4, -0.2) is 78.0 Å². The van der Waals surface area contributed by atoms with Crippen molar-refractivity contribution in [2.75, 3.05) is 37.7 Å². The zero-order valence-corrected chi connectivity index (χ0v) is 21.0. The van der Waals surface area contributed by atoms with Gasteiger partial charge >= 0.3 is 6.03 Å². The highest BCUT2D eigenvalue weighted by Crippen LogP contribution is 2.38. The molecule has 4 fully saturated rings. The largest absolute Gasteiger partial charge is 0.376 e. The van der Waals surface area contributed by atoms with E-state index in [0.29, 0.717) is 57.5 Å². The van der Waals surface area contributed by atoms with Crippen LogP contribution >= 0.6 is 0 Å². The molecular formula is C27H36N4O5. The average molecular weight is 497 g/mol. The average Bonchev–Trinajstić information content (AvgIpc) is 3.62. The van der Waals surface area contributed by atoms with E-state index < -0.39 is 5.54 Å². The van der Waals surface area contributed by atoms with Gasteiger partial charge in [-0.05, 0) is 68.7 Å². The van der Waals surface area contributed by atoms with Gasteiger partial charge in [-0.15, -0.1) is 0 Å². The molecule has 5 amide bonds. The molecule has 0 aliphatic carbocycles.